The number of halogens is 2. The van der Waals surface area contributed by atoms with Crippen molar-refractivity contribution in [2.45, 2.75) is 17.9 Å². The van der Waals surface area contributed by atoms with Crippen LogP contribution in [0.4, 0.5) is 5.69 Å². The van der Waals surface area contributed by atoms with Crippen LogP contribution in [0, 0.1) is 6.92 Å². The molecule has 0 saturated heterocycles. The summed E-state index contributed by atoms with van der Waals surface area (Å²) >= 11 is 12.5. The van der Waals surface area contributed by atoms with E-state index < -0.39 is 28.6 Å². The van der Waals surface area contributed by atoms with E-state index in [9.17, 15) is 13.2 Å². The zero-order valence-corrected chi connectivity index (χ0v) is 20.5. The lowest BCUT2D eigenvalue weighted by molar-refractivity contribution is -0.120. The molecule has 1 unspecified atom stereocenters. The number of aryl methyl sites for hydroxylation is 1. The Bertz CT molecular complexity index is 1300. The molecule has 3 aromatic rings. The van der Waals surface area contributed by atoms with Gasteiger partial charge in [-0.2, -0.15) is 0 Å². The van der Waals surface area contributed by atoms with Crippen molar-refractivity contribution in [2.75, 3.05) is 24.0 Å². The number of sulfonamides is 1. The average Bonchev–Trinajstić information content (AvgIpc) is 2.83. The van der Waals surface area contributed by atoms with E-state index in [-0.39, 0.29) is 33.8 Å². The van der Waals surface area contributed by atoms with E-state index in [2.05, 4.69) is 5.32 Å². The number of para-hydroxylation sites is 2. The van der Waals surface area contributed by atoms with E-state index >= 15 is 0 Å². The summed E-state index contributed by atoms with van der Waals surface area (Å²) in [5.74, 6) is 0.688. The summed E-state index contributed by atoms with van der Waals surface area (Å²) in [5.41, 5.74) is 1.01. The number of anilines is 1. The number of nitrogens with zero attached hydrogens (tertiary/aromatic N) is 1. The predicted molar refractivity (Wildman–Crippen MR) is 132 cm³/mol. The van der Waals surface area contributed by atoms with Crippen LogP contribution in [0.25, 0.3) is 0 Å². The van der Waals surface area contributed by atoms with Gasteiger partial charge >= 0.3 is 0 Å². The lowest BCUT2D eigenvalue weighted by atomic mass is 10.2. The van der Waals surface area contributed by atoms with Gasteiger partial charge in [-0.25, -0.2) is 8.42 Å². The quantitative estimate of drug-likeness (QED) is 0.497. The molecule has 4 rings (SSSR count). The normalized spacial score (nSPS) is 15.0. The van der Waals surface area contributed by atoms with Crippen LogP contribution >= 0.6 is 23.2 Å². The van der Waals surface area contributed by atoms with Gasteiger partial charge in [-0.3, -0.25) is 9.10 Å². The summed E-state index contributed by atoms with van der Waals surface area (Å²) < 4.78 is 39.4. The van der Waals surface area contributed by atoms with Gasteiger partial charge in [-0.05, 0) is 43.3 Å². The fourth-order valence-corrected chi connectivity index (χ4v) is 5.28. The standard InChI is InChI=1S/C24H22Cl2N2O5S/c1-16-9-11-18(12-10-16)34(30,31)28(20-6-4-5-19(25)24(20)26)14-23(29)27-13-17-15-32-21-7-2-3-8-22(21)33-17/h2-12,17H,13-15H2,1H3,(H,27,29). The zero-order chi connectivity index (χ0) is 24.3. The number of carbonyl (C=O) groups excluding carboxylic acids is 1. The van der Waals surface area contributed by atoms with Crippen molar-refractivity contribution in [3.63, 3.8) is 0 Å². The molecule has 0 aromatic heterocycles. The molecule has 1 amide bonds. The van der Waals surface area contributed by atoms with E-state index in [0.29, 0.717) is 11.5 Å². The fourth-order valence-electron chi connectivity index (χ4n) is 3.40. The number of hydrogen-bond acceptors (Lipinski definition) is 5. The lowest BCUT2D eigenvalue weighted by Gasteiger charge is -2.28. The minimum atomic E-state index is -4.11. The van der Waals surface area contributed by atoms with Gasteiger partial charge in [0.25, 0.3) is 10.0 Å². The second kappa shape index (κ2) is 10.1. The Morgan fingerprint density at radius 3 is 2.47 bits per heavy atom. The molecule has 1 N–H and O–H groups in total. The molecule has 7 nitrogen and oxygen atoms in total. The molecule has 0 spiro atoms. The third-order valence-electron chi connectivity index (χ3n) is 5.19. The molecule has 178 valence electrons. The van der Waals surface area contributed by atoms with Crippen LogP contribution in [0.1, 0.15) is 5.56 Å². The van der Waals surface area contributed by atoms with Gasteiger partial charge in [0.2, 0.25) is 5.91 Å². The van der Waals surface area contributed by atoms with Gasteiger partial charge in [-0.15, -0.1) is 0 Å². The van der Waals surface area contributed by atoms with Crippen molar-refractivity contribution < 1.29 is 22.7 Å². The highest BCUT2D eigenvalue weighted by molar-refractivity contribution is 7.92. The van der Waals surface area contributed by atoms with E-state index in [0.717, 1.165) is 9.87 Å². The highest BCUT2D eigenvalue weighted by Crippen LogP contribution is 2.35. The van der Waals surface area contributed by atoms with E-state index in [1.807, 2.05) is 19.1 Å². The van der Waals surface area contributed by atoms with Crippen LogP contribution in [-0.4, -0.2) is 40.1 Å². The van der Waals surface area contributed by atoms with Gasteiger partial charge in [0.1, 0.15) is 19.3 Å². The Kier molecular flexibility index (Phi) is 7.21. The Morgan fingerprint density at radius 2 is 1.74 bits per heavy atom. The molecule has 3 aromatic carbocycles. The van der Waals surface area contributed by atoms with Gasteiger partial charge in [-0.1, -0.05) is 59.1 Å². The minimum Gasteiger partial charge on any atom is -0.486 e. The molecule has 0 fully saturated rings. The molecule has 34 heavy (non-hydrogen) atoms. The number of rotatable bonds is 7. The Hall–Kier alpha value is -2.94. The molecular weight excluding hydrogens is 499 g/mol. The summed E-state index contributed by atoms with van der Waals surface area (Å²) in [7, 11) is -4.11. The van der Waals surface area contributed by atoms with Crippen molar-refractivity contribution in [1.82, 2.24) is 5.32 Å². The second-order valence-electron chi connectivity index (χ2n) is 7.70. The molecular formula is C24H22Cl2N2O5S. The summed E-state index contributed by atoms with van der Waals surface area (Å²) in [4.78, 5) is 12.9. The lowest BCUT2D eigenvalue weighted by Crippen LogP contribution is -2.45. The molecule has 0 bridgehead atoms. The van der Waals surface area contributed by atoms with Gasteiger partial charge in [0.15, 0.2) is 11.5 Å². The number of ether oxygens (including phenoxy) is 2. The molecule has 0 saturated carbocycles. The number of nitrogens with one attached hydrogen (secondary N) is 1. The Balaban J connectivity index is 1.53. The summed E-state index contributed by atoms with van der Waals surface area (Å²) in [6.07, 6.45) is -0.421. The predicted octanol–water partition coefficient (Wildman–Crippen LogP) is 4.45. The Morgan fingerprint density at radius 1 is 1.03 bits per heavy atom. The second-order valence-corrected chi connectivity index (χ2v) is 10.3. The first-order valence-electron chi connectivity index (χ1n) is 10.4. The van der Waals surface area contributed by atoms with Crippen LogP contribution in [0.15, 0.2) is 71.6 Å². The van der Waals surface area contributed by atoms with Crippen LogP contribution in [-0.2, 0) is 14.8 Å². The van der Waals surface area contributed by atoms with E-state index in [4.69, 9.17) is 32.7 Å². The monoisotopic (exact) mass is 520 g/mol. The molecule has 0 aliphatic carbocycles. The van der Waals surface area contributed by atoms with Crippen LogP contribution in [0.5, 0.6) is 11.5 Å². The largest absolute Gasteiger partial charge is 0.486 e. The summed E-state index contributed by atoms with van der Waals surface area (Å²) in [5, 5.41) is 2.94. The number of benzene rings is 3. The van der Waals surface area contributed by atoms with Crippen LogP contribution in [0.3, 0.4) is 0 Å². The molecule has 1 atom stereocenters. The first kappa shape index (κ1) is 24.2. The molecule has 1 aliphatic rings. The molecule has 10 heteroatoms. The van der Waals surface area contributed by atoms with Crippen LogP contribution < -0.4 is 19.1 Å². The minimum absolute atomic E-state index is 0.0302. The molecule has 0 radical (unpaired) electrons. The van der Waals surface area contributed by atoms with Crippen molar-refractivity contribution in [1.29, 1.82) is 0 Å². The smallest absolute Gasteiger partial charge is 0.264 e. The number of amides is 1. The third-order valence-corrected chi connectivity index (χ3v) is 7.77. The fraction of sp³-hybridized carbons (Fsp3) is 0.208. The first-order chi connectivity index (χ1) is 16.3. The van der Waals surface area contributed by atoms with E-state index in [1.165, 1.54) is 18.2 Å². The van der Waals surface area contributed by atoms with Gasteiger partial charge in [0.05, 0.1) is 27.2 Å². The third kappa shape index (κ3) is 5.24. The number of carbonyl (C=O) groups is 1. The molecule has 1 aliphatic heterocycles. The van der Waals surface area contributed by atoms with Gasteiger partial charge in [0, 0.05) is 0 Å². The van der Waals surface area contributed by atoms with Crippen molar-refractivity contribution in [3.8, 4) is 11.5 Å². The SMILES string of the molecule is Cc1ccc(S(=O)(=O)N(CC(=O)NCC2COc3ccccc3O2)c2cccc(Cl)c2Cl)cc1. The maximum Gasteiger partial charge on any atom is 0.264 e. The van der Waals surface area contributed by atoms with Crippen LogP contribution in [0.2, 0.25) is 10.0 Å². The summed E-state index contributed by atoms with van der Waals surface area (Å²) in [6, 6.07) is 18.2. The first-order valence-corrected chi connectivity index (χ1v) is 12.6. The van der Waals surface area contributed by atoms with Crippen molar-refractivity contribution in [2.24, 2.45) is 0 Å². The maximum atomic E-state index is 13.5. The molecule has 1 heterocycles. The maximum absolute atomic E-state index is 13.5. The Labute approximate surface area is 208 Å². The highest BCUT2D eigenvalue weighted by atomic mass is 35.5. The van der Waals surface area contributed by atoms with Crippen molar-refractivity contribution in [3.05, 3.63) is 82.3 Å². The number of hydrogen-bond donors (Lipinski definition) is 1. The average molecular weight is 521 g/mol. The van der Waals surface area contributed by atoms with Gasteiger partial charge < -0.3 is 14.8 Å². The highest BCUT2D eigenvalue weighted by Gasteiger charge is 2.30. The summed E-state index contributed by atoms with van der Waals surface area (Å²) in [6.45, 7) is 1.74. The van der Waals surface area contributed by atoms with E-state index in [1.54, 1.807) is 36.4 Å². The zero-order valence-electron chi connectivity index (χ0n) is 18.2. The number of fused-ring (bicyclic) bond motifs is 1. The topological polar surface area (TPSA) is 84.9 Å². The van der Waals surface area contributed by atoms with Crippen molar-refractivity contribution >= 4 is 44.8 Å².